The van der Waals surface area contributed by atoms with Gasteiger partial charge in [-0.25, -0.2) is 0 Å². The lowest BCUT2D eigenvalue weighted by Gasteiger charge is -2.33. The predicted molar refractivity (Wildman–Crippen MR) is 89.3 cm³/mol. The number of rotatable bonds is 0. The maximum absolute atomic E-state index is 12.5. The SMILES string of the molecule is Cn1c(S)cc2sc3c(c2c1=O)CCC(C(C)(C)C)C3. The summed E-state index contributed by atoms with van der Waals surface area (Å²) in [6.45, 7) is 6.96. The average Bonchev–Trinajstić information content (AvgIpc) is 2.71. The molecule has 0 spiro atoms. The third-order valence-electron chi connectivity index (χ3n) is 4.64. The Morgan fingerprint density at radius 1 is 1.40 bits per heavy atom. The molecule has 0 aliphatic heterocycles. The molecule has 108 valence electrons. The average molecular weight is 307 g/mol. The van der Waals surface area contributed by atoms with E-state index in [9.17, 15) is 4.79 Å². The van der Waals surface area contributed by atoms with Gasteiger partial charge in [0.2, 0.25) is 0 Å². The molecule has 2 aromatic rings. The minimum absolute atomic E-state index is 0.110. The van der Waals surface area contributed by atoms with Gasteiger partial charge in [-0.1, -0.05) is 20.8 Å². The predicted octanol–water partition coefficient (Wildman–Crippen LogP) is 4.04. The highest BCUT2D eigenvalue weighted by Gasteiger charge is 2.31. The molecule has 2 aromatic heterocycles. The van der Waals surface area contributed by atoms with E-state index in [1.807, 2.05) is 6.07 Å². The topological polar surface area (TPSA) is 22.0 Å². The van der Waals surface area contributed by atoms with Crippen LogP contribution in [0.1, 0.15) is 37.6 Å². The Labute approximate surface area is 129 Å². The molecule has 0 amide bonds. The van der Waals surface area contributed by atoms with Crippen molar-refractivity contribution in [3.05, 3.63) is 26.9 Å². The van der Waals surface area contributed by atoms with Crippen LogP contribution < -0.4 is 5.56 Å². The second kappa shape index (κ2) is 4.63. The lowest BCUT2D eigenvalue weighted by atomic mass is 9.72. The summed E-state index contributed by atoms with van der Waals surface area (Å²) in [4.78, 5) is 13.9. The van der Waals surface area contributed by atoms with Crippen LogP contribution in [0.15, 0.2) is 15.9 Å². The van der Waals surface area contributed by atoms with Gasteiger partial charge >= 0.3 is 0 Å². The number of aromatic nitrogens is 1. The summed E-state index contributed by atoms with van der Waals surface area (Å²) in [5, 5.41) is 1.69. The molecule has 0 N–H and O–H groups in total. The summed E-state index contributed by atoms with van der Waals surface area (Å²) < 4.78 is 2.76. The van der Waals surface area contributed by atoms with Crippen LogP contribution in [0.3, 0.4) is 0 Å². The molecule has 20 heavy (non-hydrogen) atoms. The minimum atomic E-state index is 0.110. The molecule has 1 atom stereocenters. The van der Waals surface area contributed by atoms with E-state index in [1.165, 1.54) is 16.9 Å². The Kier molecular flexibility index (Phi) is 3.29. The van der Waals surface area contributed by atoms with Crippen molar-refractivity contribution in [2.45, 2.75) is 45.1 Å². The zero-order valence-electron chi connectivity index (χ0n) is 12.5. The van der Waals surface area contributed by atoms with Gasteiger partial charge in [-0.3, -0.25) is 4.79 Å². The third-order valence-corrected chi connectivity index (χ3v) is 6.27. The van der Waals surface area contributed by atoms with Crippen LogP contribution in [-0.4, -0.2) is 4.57 Å². The van der Waals surface area contributed by atoms with E-state index < -0.39 is 0 Å². The Morgan fingerprint density at radius 3 is 2.75 bits per heavy atom. The van der Waals surface area contributed by atoms with E-state index in [0.29, 0.717) is 11.3 Å². The highest BCUT2D eigenvalue weighted by Crippen LogP contribution is 2.42. The molecule has 0 radical (unpaired) electrons. The Morgan fingerprint density at radius 2 is 2.10 bits per heavy atom. The van der Waals surface area contributed by atoms with Crippen molar-refractivity contribution in [1.82, 2.24) is 4.57 Å². The van der Waals surface area contributed by atoms with E-state index in [-0.39, 0.29) is 5.56 Å². The van der Waals surface area contributed by atoms with Gasteiger partial charge in [-0.15, -0.1) is 24.0 Å². The van der Waals surface area contributed by atoms with Crippen molar-refractivity contribution in [2.24, 2.45) is 18.4 Å². The largest absolute Gasteiger partial charge is 0.306 e. The Hall–Kier alpha value is -0.740. The number of hydrogen-bond acceptors (Lipinski definition) is 3. The summed E-state index contributed by atoms with van der Waals surface area (Å²) in [6, 6.07) is 2.04. The van der Waals surface area contributed by atoms with Gasteiger partial charge in [0.25, 0.3) is 5.56 Å². The lowest BCUT2D eigenvalue weighted by molar-refractivity contribution is 0.218. The van der Waals surface area contributed by atoms with Crippen LogP contribution in [0.25, 0.3) is 10.1 Å². The second-order valence-electron chi connectivity index (χ2n) is 6.92. The normalized spacial score (nSPS) is 19.4. The Bertz CT molecular complexity index is 733. The lowest BCUT2D eigenvalue weighted by Crippen LogP contribution is -2.26. The summed E-state index contributed by atoms with van der Waals surface area (Å²) in [6.07, 6.45) is 3.34. The van der Waals surface area contributed by atoms with Crippen molar-refractivity contribution in [1.29, 1.82) is 0 Å². The van der Waals surface area contributed by atoms with Gasteiger partial charge in [-0.2, -0.15) is 0 Å². The van der Waals surface area contributed by atoms with Crippen LogP contribution in [0, 0.1) is 11.3 Å². The highest BCUT2D eigenvalue weighted by molar-refractivity contribution is 7.80. The fraction of sp³-hybridized carbons (Fsp3) is 0.562. The van der Waals surface area contributed by atoms with E-state index in [1.54, 1.807) is 23.0 Å². The first-order valence-electron chi connectivity index (χ1n) is 7.12. The van der Waals surface area contributed by atoms with Crippen LogP contribution in [0.5, 0.6) is 0 Å². The molecule has 0 saturated heterocycles. The third kappa shape index (κ3) is 2.13. The first-order valence-corrected chi connectivity index (χ1v) is 8.38. The summed E-state index contributed by atoms with van der Waals surface area (Å²) in [5.74, 6) is 0.711. The number of pyridine rings is 1. The van der Waals surface area contributed by atoms with Gasteiger partial charge in [0, 0.05) is 16.6 Å². The summed E-state index contributed by atoms with van der Waals surface area (Å²) in [7, 11) is 1.80. The maximum Gasteiger partial charge on any atom is 0.260 e. The van der Waals surface area contributed by atoms with Gasteiger partial charge in [0.1, 0.15) is 0 Å². The molecule has 3 rings (SSSR count). The smallest absolute Gasteiger partial charge is 0.260 e. The van der Waals surface area contributed by atoms with Crippen molar-refractivity contribution in [3.63, 3.8) is 0 Å². The van der Waals surface area contributed by atoms with Crippen molar-refractivity contribution < 1.29 is 0 Å². The van der Waals surface area contributed by atoms with Crippen LogP contribution in [0.2, 0.25) is 0 Å². The monoisotopic (exact) mass is 307 g/mol. The molecular formula is C16H21NOS2. The molecule has 1 aliphatic carbocycles. The molecule has 0 aromatic carbocycles. The fourth-order valence-electron chi connectivity index (χ4n) is 3.17. The van der Waals surface area contributed by atoms with Crippen LogP contribution >= 0.6 is 24.0 Å². The molecule has 0 bridgehead atoms. The molecule has 2 nitrogen and oxygen atoms in total. The summed E-state index contributed by atoms with van der Waals surface area (Å²) >= 11 is 6.19. The van der Waals surface area contributed by atoms with Crippen LogP contribution in [-0.2, 0) is 19.9 Å². The van der Waals surface area contributed by atoms with Crippen molar-refractivity contribution >= 4 is 34.1 Å². The molecule has 1 unspecified atom stereocenters. The molecule has 2 heterocycles. The molecule has 1 aliphatic rings. The molecular weight excluding hydrogens is 286 g/mol. The van der Waals surface area contributed by atoms with E-state index in [4.69, 9.17) is 0 Å². The quantitative estimate of drug-likeness (QED) is 0.729. The minimum Gasteiger partial charge on any atom is -0.306 e. The number of thiophene rings is 1. The number of hydrogen-bond donors (Lipinski definition) is 1. The Balaban J connectivity index is 2.17. The zero-order valence-corrected chi connectivity index (χ0v) is 14.2. The number of nitrogens with zero attached hydrogens (tertiary/aromatic N) is 1. The highest BCUT2D eigenvalue weighted by atomic mass is 32.1. The number of fused-ring (bicyclic) bond motifs is 3. The van der Waals surface area contributed by atoms with Crippen molar-refractivity contribution in [3.8, 4) is 0 Å². The summed E-state index contributed by atoms with van der Waals surface area (Å²) in [5.41, 5.74) is 1.76. The number of thiol groups is 1. The van der Waals surface area contributed by atoms with Gasteiger partial charge < -0.3 is 4.57 Å². The van der Waals surface area contributed by atoms with E-state index in [0.717, 1.165) is 28.0 Å². The van der Waals surface area contributed by atoms with Gasteiger partial charge in [0.15, 0.2) is 0 Å². The second-order valence-corrected chi connectivity index (χ2v) is 8.51. The first-order chi connectivity index (χ1) is 9.29. The standard InChI is InChI=1S/C16H21NOS2/c1-16(2,3)9-5-6-10-11(7-9)20-12-8-13(19)17(4)15(18)14(10)12/h8-9,19H,5-7H2,1-4H3. The van der Waals surface area contributed by atoms with E-state index >= 15 is 0 Å². The van der Waals surface area contributed by atoms with Crippen molar-refractivity contribution in [2.75, 3.05) is 0 Å². The first kappa shape index (κ1) is 14.2. The fourth-order valence-corrected chi connectivity index (χ4v) is 4.84. The number of aryl methyl sites for hydroxylation is 1. The maximum atomic E-state index is 12.5. The van der Waals surface area contributed by atoms with Crippen LogP contribution in [0.4, 0.5) is 0 Å². The van der Waals surface area contributed by atoms with Gasteiger partial charge in [-0.05, 0) is 42.2 Å². The zero-order chi connectivity index (χ0) is 14.7. The van der Waals surface area contributed by atoms with Gasteiger partial charge in [0.05, 0.1) is 10.4 Å². The molecule has 0 saturated carbocycles. The molecule has 4 heteroatoms. The molecule has 0 fully saturated rings. The van der Waals surface area contributed by atoms with E-state index in [2.05, 4.69) is 33.4 Å².